The van der Waals surface area contributed by atoms with Gasteiger partial charge in [0.25, 0.3) is 6.43 Å². The first-order valence-electron chi connectivity index (χ1n) is 4.30. The summed E-state index contributed by atoms with van der Waals surface area (Å²) in [4.78, 5) is 5.26. The first-order chi connectivity index (χ1) is 7.00. The number of halogens is 2. The monoisotopic (exact) mass is 214 g/mol. The molecule has 0 fully saturated rings. The molecule has 82 valence electrons. The molecule has 0 aliphatic rings. The fourth-order valence-corrected chi connectivity index (χ4v) is 1.08. The maximum absolute atomic E-state index is 12.1. The lowest BCUT2D eigenvalue weighted by Gasteiger charge is -2.18. The van der Waals surface area contributed by atoms with Crippen molar-refractivity contribution in [3.63, 3.8) is 0 Å². The maximum Gasteiger partial charge on any atom is 0.255 e. The van der Waals surface area contributed by atoms with Gasteiger partial charge in [0.2, 0.25) is 0 Å². The van der Waals surface area contributed by atoms with E-state index in [1.54, 1.807) is 13.1 Å². The van der Waals surface area contributed by atoms with Gasteiger partial charge >= 0.3 is 0 Å². The average molecular weight is 214 g/mol. The van der Waals surface area contributed by atoms with Crippen molar-refractivity contribution in [2.24, 2.45) is 5.73 Å². The number of nitrogens with zero attached hydrogens (tertiary/aromatic N) is 2. The number of nitrogen functional groups attached to an aromatic ring is 1. The number of anilines is 1. The molecule has 1 aromatic heterocycles. The Morgan fingerprint density at radius 1 is 1.60 bits per heavy atom. The number of alkyl halides is 2. The smallest absolute Gasteiger partial charge is 0.255 e. The minimum absolute atomic E-state index is 0.141. The average Bonchev–Trinajstić information content (AvgIpc) is 2.17. The Kier molecular flexibility index (Phi) is 3.54. The van der Waals surface area contributed by atoms with Crippen molar-refractivity contribution < 1.29 is 8.78 Å². The third-order valence-corrected chi connectivity index (χ3v) is 1.88. The highest BCUT2D eigenvalue weighted by Crippen LogP contribution is 2.12. The van der Waals surface area contributed by atoms with E-state index in [1.165, 1.54) is 17.2 Å². The zero-order chi connectivity index (χ0) is 11.4. The number of amidine groups is 1. The van der Waals surface area contributed by atoms with E-state index in [0.29, 0.717) is 11.4 Å². The van der Waals surface area contributed by atoms with Gasteiger partial charge in [-0.05, 0) is 12.1 Å². The van der Waals surface area contributed by atoms with Crippen LogP contribution in [-0.2, 0) is 0 Å². The summed E-state index contributed by atoms with van der Waals surface area (Å²) in [7, 11) is 1.55. The van der Waals surface area contributed by atoms with Gasteiger partial charge in [-0.2, -0.15) is 0 Å². The predicted octanol–water partition coefficient (Wildman–Crippen LogP) is 1.07. The molecule has 4 nitrogen and oxygen atoms in total. The van der Waals surface area contributed by atoms with Crippen LogP contribution in [0.5, 0.6) is 0 Å². The third-order valence-electron chi connectivity index (χ3n) is 1.88. The minimum Gasteiger partial charge on any atom is -0.382 e. The van der Waals surface area contributed by atoms with E-state index in [1.807, 2.05) is 0 Å². The van der Waals surface area contributed by atoms with Gasteiger partial charge in [0.05, 0.1) is 18.4 Å². The molecular weight excluding hydrogens is 202 g/mol. The summed E-state index contributed by atoms with van der Waals surface area (Å²) in [6, 6.07) is 3.13. The summed E-state index contributed by atoms with van der Waals surface area (Å²) in [5.41, 5.74) is 6.11. The van der Waals surface area contributed by atoms with Crippen LogP contribution in [-0.4, -0.2) is 30.8 Å². The molecule has 1 rings (SSSR count). The van der Waals surface area contributed by atoms with E-state index in [0.717, 1.165) is 0 Å². The summed E-state index contributed by atoms with van der Waals surface area (Å²) in [5, 5.41) is 7.11. The molecule has 0 unspecified atom stereocenters. The first-order valence-corrected chi connectivity index (χ1v) is 4.30. The Hall–Kier alpha value is -1.72. The lowest BCUT2D eigenvalue weighted by atomic mass is 10.3. The molecule has 0 amide bonds. The lowest BCUT2D eigenvalue weighted by molar-refractivity contribution is 0.156. The number of hydrogen-bond acceptors (Lipinski definition) is 3. The zero-order valence-corrected chi connectivity index (χ0v) is 8.24. The van der Waals surface area contributed by atoms with Crippen LogP contribution in [0.4, 0.5) is 14.5 Å². The molecule has 6 heteroatoms. The highest BCUT2D eigenvalue weighted by Gasteiger charge is 2.09. The second kappa shape index (κ2) is 4.68. The minimum atomic E-state index is -2.39. The zero-order valence-electron chi connectivity index (χ0n) is 8.24. The van der Waals surface area contributed by atoms with E-state index in [9.17, 15) is 8.78 Å². The fourth-order valence-electron chi connectivity index (χ4n) is 1.08. The van der Waals surface area contributed by atoms with Gasteiger partial charge in [0, 0.05) is 7.05 Å². The highest BCUT2D eigenvalue weighted by atomic mass is 19.3. The molecule has 0 saturated carbocycles. The number of hydrogen-bond donors (Lipinski definition) is 2. The molecule has 0 spiro atoms. The largest absolute Gasteiger partial charge is 0.382 e. The van der Waals surface area contributed by atoms with Gasteiger partial charge in [0.1, 0.15) is 11.5 Å². The number of nitrogens with one attached hydrogen (secondary N) is 1. The summed E-state index contributed by atoms with van der Waals surface area (Å²) >= 11 is 0. The van der Waals surface area contributed by atoms with Crippen LogP contribution in [0.25, 0.3) is 0 Å². The molecule has 0 bridgehead atoms. The predicted molar refractivity (Wildman–Crippen MR) is 54.5 cm³/mol. The van der Waals surface area contributed by atoms with Gasteiger partial charge in [-0.3, -0.25) is 10.4 Å². The number of nitrogens with two attached hydrogens (primary N) is 1. The van der Waals surface area contributed by atoms with Gasteiger partial charge in [-0.1, -0.05) is 0 Å². The number of rotatable bonds is 4. The molecular formula is C9H12F2N4. The summed E-state index contributed by atoms with van der Waals surface area (Å²) < 4.78 is 24.1. The Bertz CT molecular complexity index is 336. The van der Waals surface area contributed by atoms with Crippen LogP contribution in [0.1, 0.15) is 5.69 Å². The number of aromatic nitrogens is 1. The van der Waals surface area contributed by atoms with E-state index >= 15 is 0 Å². The lowest BCUT2D eigenvalue weighted by Crippen LogP contribution is -2.24. The Morgan fingerprint density at radius 3 is 2.67 bits per heavy atom. The molecule has 0 saturated heterocycles. The fraction of sp³-hybridized carbons (Fsp3) is 0.333. The summed E-state index contributed by atoms with van der Waals surface area (Å²) in [6.07, 6.45) is -0.971. The molecule has 0 atom stereocenters. The summed E-state index contributed by atoms with van der Waals surface area (Å²) in [6.45, 7) is -0.346. The second-order valence-corrected chi connectivity index (χ2v) is 3.09. The van der Waals surface area contributed by atoms with Gasteiger partial charge in [-0.25, -0.2) is 8.78 Å². The SMILES string of the molecule is CN(CC(F)F)c1ccc(C(=N)N)nc1. The van der Waals surface area contributed by atoms with Crippen LogP contribution in [0.15, 0.2) is 18.3 Å². The topological polar surface area (TPSA) is 66.0 Å². The maximum atomic E-state index is 12.1. The Morgan fingerprint density at radius 2 is 2.27 bits per heavy atom. The molecule has 1 heterocycles. The summed E-state index contributed by atoms with van der Waals surface area (Å²) in [5.74, 6) is -0.141. The molecule has 3 N–H and O–H groups in total. The van der Waals surface area contributed by atoms with Crippen molar-refractivity contribution >= 4 is 11.5 Å². The van der Waals surface area contributed by atoms with Gasteiger partial charge < -0.3 is 10.6 Å². The van der Waals surface area contributed by atoms with Gasteiger partial charge in [-0.15, -0.1) is 0 Å². The van der Waals surface area contributed by atoms with Crippen LogP contribution in [0, 0.1) is 5.41 Å². The normalized spacial score (nSPS) is 10.4. The number of pyridine rings is 1. The van der Waals surface area contributed by atoms with E-state index < -0.39 is 6.43 Å². The Labute approximate surface area is 86.2 Å². The van der Waals surface area contributed by atoms with Crippen molar-refractivity contribution in [3.05, 3.63) is 24.0 Å². The standard InChI is InChI=1S/C9H12F2N4/c1-15(5-8(10)11)6-2-3-7(9(12)13)14-4-6/h2-4,8H,5H2,1H3,(H3,12,13). The highest BCUT2D eigenvalue weighted by molar-refractivity contribution is 5.93. The van der Waals surface area contributed by atoms with Crippen LogP contribution >= 0.6 is 0 Å². The Balaban J connectivity index is 2.75. The molecule has 15 heavy (non-hydrogen) atoms. The van der Waals surface area contributed by atoms with Crippen LogP contribution < -0.4 is 10.6 Å². The second-order valence-electron chi connectivity index (χ2n) is 3.09. The van der Waals surface area contributed by atoms with Crippen molar-refractivity contribution in [2.75, 3.05) is 18.5 Å². The van der Waals surface area contributed by atoms with Crippen molar-refractivity contribution in [2.45, 2.75) is 6.43 Å². The third kappa shape index (κ3) is 3.16. The van der Waals surface area contributed by atoms with E-state index in [2.05, 4.69) is 4.98 Å². The van der Waals surface area contributed by atoms with Crippen molar-refractivity contribution in [1.82, 2.24) is 4.98 Å². The van der Waals surface area contributed by atoms with Crippen molar-refractivity contribution in [3.8, 4) is 0 Å². The van der Waals surface area contributed by atoms with Crippen molar-refractivity contribution in [1.29, 1.82) is 5.41 Å². The molecule has 0 aliphatic heterocycles. The van der Waals surface area contributed by atoms with Gasteiger partial charge in [0.15, 0.2) is 0 Å². The molecule has 1 aromatic rings. The molecule has 0 aromatic carbocycles. The van der Waals surface area contributed by atoms with E-state index in [4.69, 9.17) is 11.1 Å². The molecule has 0 aliphatic carbocycles. The first kappa shape index (κ1) is 11.4. The van der Waals surface area contributed by atoms with E-state index in [-0.39, 0.29) is 12.4 Å². The molecule has 0 radical (unpaired) electrons. The van der Waals surface area contributed by atoms with Crippen LogP contribution in [0.3, 0.4) is 0 Å². The quantitative estimate of drug-likeness (QED) is 0.582. The van der Waals surface area contributed by atoms with Crippen LogP contribution in [0.2, 0.25) is 0 Å².